The SMILES string of the molecule is Cc1cnccc1CNCC(=O)NCCC#N. The quantitative estimate of drug-likeness (QED) is 0.700. The number of nitrogens with one attached hydrogen (secondary N) is 2. The van der Waals surface area contributed by atoms with Crippen LogP contribution in [0.5, 0.6) is 0 Å². The zero-order valence-electron chi connectivity index (χ0n) is 9.86. The molecule has 0 aromatic carbocycles. The van der Waals surface area contributed by atoms with E-state index in [1.165, 1.54) is 0 Å². The van der Waals surface area contributed by atoms with Crippen molar-refractivity contribution < 1.29 is 4.79 Å². The summed E-state index contributed by atoms with van der Waals surface area (Å²) in [7, 11) is 0. The number of nitriles is 1. The number of carbonyl (C=O) groups excluding carboxylic acids is 1. The Morgan fingerprint density at radius 2 is 2.41 bits per heavy atom. The Bertz CT molecular complexity index is 411. The molecule has 0 fully saturated rings. The van der Waals surface area contributed by atoms with Crippen molar-refractivity contribution in [2.75, 3.05) is 13.1 Å². The van der Waals surface area contributed by atoms with Gasteiger partial charge in [-0.1, -0.05) is 0 Å². The molecule has 0 unspecified atom stereocenters. The van der Waals surface area contributed by atoms with E-state index in [4.69, 9.17) is 5.26 Å². The summed E-state index contributed by atoms with van der Waals surface area (Å²) < 4.78 is 0. The van der Waals surface area contributed by atoms with Gasteiger partial charge in [0.05, 0.1) is 19.0 Å². The predicted octanol–water partition coefficient (Wildman–Crippen LogP) is 0.509. The minimum Gasteiger partial charge on any atom is -0.354 e. The number of hydrogen-bond acceptors (Lipinski definition) is 4. The highest BCUT2D eigenvalue weighted by atomic mass is 16.1. The molecule has 0 bridgehead atoms. The molecule has 5 nitrogen and oxygen atoms in total. The predicted molar refractivity (Wildman–Crippen MR) is 63.9 cm³/mol. The number of aryl methyl sites for hydroxylation is 1. The Labute approximate surface area is 101 Å². The summed E-state index contributed by atoms with van der Waals surface area (Å²) in [5, 5.41) is 14.0. The Kier molecular flexibility index (Phi) is 5.69. The van der Waals surface area contributed by atoms with E-state index in [2.05, 4.69) is 15.6 Å². The number of rotatable bonds is 6. The lowest BCUT2D eigenvalue weighted by atomic mass is 10.1. The maximum absolute atomic E-state index is 11.3. The van der Waals surface area contributed by atoms with E-state index < -0.39 is 0 Å². The topological polar surface area (TPSA) is 77.8 Å². The van der Waals surface area contributed by atoms with Crippen LogP contribution in [0.4, 0.5) is 0 Å². The molecule has 17 heavy (non-hydrogen) atoms. The van der Waals surface area contributed by atoms with Crippen molar-refractivity contribution in [1.82, 2.24) is 15.6 Å². The fourth-order valence-electron chi connectivity index (χ4n) is 1.33. The van der Waals surface area contributed by atoms with E-state index in [9.17, 15) is 4.79 Å². The van der Waals surface area contributed by atoms with Crippen LogP contribution >= 0.6 is 0 Å². The lowest BCUT2D eigenvalue weighted by Crippen LogP contribution is -2.34. The monoisotopic (exact) mass is 232 g/mol. The highest BCUT2D eigenvalue weighted by Gasteiger charge is 2.01. The average molecular weight is 232 g/mol. The molecule has 0 radical (unpaired) electrons. The molecule has 2 N–H and O–H groups in total. The van der Waals surface area contributed by atoms with Crippen LogP contribution in [-0.4, -0.2) is 24.0 Å². The fraction of sp³-hybridized carbons (Fsp3) is 0.417. The van der Waals surface area contributed by atoms with Crippen molar-refractivity contribution in [2.45, 2.75) is 19.9 Å². The molecule has 1 aromatic heterocycles. The molecule has 0 aliphatic heterocycles. The van der Waals surface area contributed by atoms with Gasteiger partial charge in [-0.25, -0.2) is 0 Å². The van der Waals surface area contributed by atoms with Crippen molar-refractivity contribution in [1.29, 1.82) is 5.26 Å². The Morgan fingerprint density at radius 3 is 3.12 bits per heavy atom. The molecule has 0 aliphatic carbocycles. The van der Waals surface area contributed by atoms with Crippen molar-refractivity contribution in [3.8, 4) is 6.07 Å². The summed E-state index contributed by atoms with van der Waals surface area (Å²) >= 11 is 0. The van der Waals surface area contributed by atoms with Crippen LogP contribution in [0.25, 0.3) is 0 Å². The van der Waals surface area contributed by atoms with Gasteiger partial charge in [0.2, 0.25) is 5.91 Å². The summed E-state index contributed by atoms with van der Waals surface area (Å²) in [6.45, 7) is 3.29. The van der Waals surface area contributed by atoms with Gasteiger partial charge in [0, 0.05) is 25.5 Å². The van der Waals surface area contributed by atoms with Gasteiger partial charge in [0.1, 0.15) is 0 Å². The van der Waals surface area contributed by atoms with Crippen molar-refractivity contribution >= 4 is 5.91 Å². The zero-order valence-corrected chi connectivity index (χ0v) is 9.86. The minimum absolute atomic E-state index is 0.0908. The number of pyridine rings is 1. The van der Waals surface area contributed by atoms with Gasteiger partial charge < -0.3 is 10.6 Å². The zero-order chi connectivity index (χ0) is 12.5. The van der Waals surface area contributed by atoms with E-state index in [0.29, 0.717) is 19.5 Å². The Balaban J connectivity index is 2.22. The van der Waals surface area contributed by atoms with Crippen LogP contribution in [0, 0.1) is 18.3 Å². The lowest BCUT2D eigenvalue weighted by molar-refractivity contribution is -0.120. The molecule has 0 aliphatic rings. The summed E-state index contributed by atoms with van der Waals surface area (Å²) in [4.78, 5) is 15.3. The van der Waals surface area contributed by atoms with Gasteiger partial charge in [-0.15, -0.1) is 0 Å². The van der Waals surface area contributed by atoms with Crippen molar-refractivity contribution in [3.05, 3.63) is 29.6 Å². The molecule has 0 atom stereocenters. The van der Waals surface area contributed by atoms with Crippen molar-refractivity contribution in [3.63, 3.8) is 0 Å². The van der Waals surface area contributed by atoms with Crippen LogP contribution in [0.3, 0.4) is 0 Å². The van der Waals surface area contributed by atoms with Gasteiger partial charge in [-0.2, -0.15) is 5.26 Å². The molecule has 1 heterocycles. The van der Waals surface area contributed by atoms with Gasteiger partial charge in [0.25, 0.3) is 0 Å². The molecule has 90 valence electrons. The van der Waals surface area contributed by atoms with Crippen LogP contribution < -0.4 is 10.6 Å². The third-order valence-corrected chi connectivity index (χ3v) is 2.30. The van der Waals surface area contributed by atoms with Gasteiger partial charge in [-0.05, 0) is 24.1 Å². The normalized spacial score (nSPS) is 9.65. The average Bonchev–Trinajstić information content (AvgIpc) is 2.32. The summed E-state index contributed by atoms with van der Waals surface area (Å²) in [6.07, 6.45) is 3.87. The second kappa shape index (κ2) is 7.36. The Morgan fingerprint density at radius 1 is 1.59 bits per heavy atom. The summed E-state index contributed by atoms with van der Waals surface area (Å²) in [5.74, 6) is -0.0908. The standard InChI is InChI=1S/C12H16N4O/c1-10-7-14-6-3-11(10)8-15-9-12(17)16-5-2-4-13/h3,6-7,15H,2,5,8-9H2,1H3,(H,16,17). The van der Waals surface area contributed by atoms with Crippen LogP contribution in [-0.2, 0) is 11.3 Å². The Hall–Kier alpha value is -1.93. The molecule has 5 heteroatoms. The van der Waals surface area contributed by atoms with E-state index >= 15 is 0 Å². The highest BCUT2D eigenvalue weighted by molar-refractivity contribution is 5.77. The lowest BCUT2D eigenvalue weighted by Gasteiger charge is -2.07. The molecule has 0 saturated heterocycles. The number of hydrogen-bond donors (Lipinski definition) is 2. The molecule has 0 saturated carbocycles. The summed E-state index contributed by atoms with van der Waals surface area (Å²) in [6, 6.07) is 3.90. The number of carbonyl (C=O) groups is 1. The smallest absolute Gasteiger partial charge is 0.234 e. The first-order valence-electron chi connectivity index (χ1n) is 5.48. The molecule has 0 spiro atoms. The second-order valence-electron chi connectivity index (χ2n) is 3.66. The van der Waals surface area contributed by atoms with Crippen molar-refractivity contribution in [2.24, 2.45) is 0 Å². The maximum Gasteiger partial charge on any atom is 0.234 e. The molecule has 1 aromatic rings. The molecular weight excluding hydrogens is 216 g/mol. The molecule has 1 amide bonds. The molecular formula is C12H16N4O. The minimum atomic E-state index is -0.0908. The fourth-order valence-corrected chi connectivity index (χ4v) is 1.33. The van der Waals surface area contributed by atoms with Crippen LogP contribution in [0.1, 0.15) is 17.5 Å². The first kappa shape index (κ1) is 13.1. The second-order valence-corrected chi connectivity index (χ2v) is 3.66. The first-order valence-corrected chi connectivity index (χ1v) is 5.48. The van der Waals surface area contributed by atoms with Crippen LogP contribution in [0.2, 0.25) is 0 Å². The largest absolute Gasteiger partial charge is 0.354 e. The maximum atomic E-state index is 11.3. The third kappa shape index (κ3) is 5.09. The van der Waals surface area contributed by atoms with E-state index in [1.807, 2.05) is 19.1 Å². The number of amides is 1. The number of aromatic nitrogens is 1. The van der Waals surface area contributed by atoms with Gasteiger partial charge >= 0.3 is 0 Å². The molecule has 1 rings (SSSR count). The van der Waals surface area contributed by atoms with E-state index in [1.54, 1.807) is 12.4 Å². The van der Waals surface area contributed by atoms with Gasteiger partial charge in [0.15, 0.2) is 0 Å². The summed E-state index contributed by atoms with van der Waals surface area (Å²) in [5.41, 5.74) is 2.23. The van der Waals surface area contributed by atoms with Gasteiger partial charge in [-0.3, -0.25) is 9.78 Å². The van der Waals surface area contributed by atoms with E-state index in [0.717, 1.165) is 11.1 Å². The first-order chi connectivity index (χ1) is 8.24. The number of nitrogens with zero attached hydrogens (tertiary/aromatic N) is 2. The van der Waals surface area contributed by atoms with Crippen LogP contribution in [0.15, 0.2) is 18.5 Å². The highest BCUT2D eigenvalue weighted by Crippen LogP contribution is 2.03. The van der Waals surface area contributed by atoms with E-state index in [-0.39, 0.29) is 12.5 Å². The third-order valence-electron chi connectivity index (χ3n) is 2.30.